The van der Waals surface area contributed by atoms with Crippen molar-refractivity contribution in [2.75, 3.05) is 32.2 Å². The zero-order valence-corrected chi connectivity index (χ0v) is 11.3. The van der Waals surface area contributed by atoms with Crippen LogP contribution >= 0.6 is 0 Å². The Hall–Kier alpha value is -1.62. The molecular formula is C13H20N2O3. The molecule has 5 nitrogen and oxygen atoms in total. The molecule has 5 heteroatoms. The van der Waals surface area contributed by atoms with Crippen LogP contribution in [-0.4, -0.2) is 44.4 Å². The van der Waals surface area contributed by atoms with Gasteiger partial charge in [-0.25, -0.2) is 9.78 Å². The summed E-state index contributed by atoms with van der Waals surface area (Å²) in [5, 5.41) is 0. The Kier molecular flexibility index (Phi) is 5.58. The van der Waals surface area contributed by atoms with E-state index in [9.17, 15) is 4.79 Å². The number of likely N-dealkylation sites (N-methyl/N-ethyl adjacent to an activating group) is 1. The maximum Gasteiger partial charge on any atom is 0.338 e. The van der Waals surface area contributed by atoms with Gasteiger partial charge in [0.15, 0.2) is 0 Å². The van der Waals surface area contributed by atoms with Crippen molar-refractivity contribution in [3.8, 4) is 0 Å². The molecule has 0 unspecified atom stereocenters. The number of carbonyl (C=O) groups is 1. The van der Waals surface area contributed by atoms with Crippen molar-refractivity contribution in [1.29, 1.82) is 0 Å². The summed E-state index contributed by atoms with van der Waals surface area (Å²) in [6, 6.07) is 3.34. The standard InChI is InChI=1S/C13H20N2O3/c1-10(2)18-8-7-15(3)12-9-11(5-6-14-12)13(16)17-4/h5-6,9-10H,7-8H2,1-4H3. The molecule has 1 rings (SSSR count). The summed E-state index contributed by atoms with van der Waals surface area (Å²) in [5.74, 6) is 0.371. The van der Waals surface area contributed by atoms with Gasteiger partial charge in [0, 0.05) is 19.8 Å². The minimum absolute atomic E-state index is 0.216. The molecule has 0 aliphatic carbocycles. The SMILES string of the molecule is COC(=O)c1ccnc(N(C)CCOC(C)C)c1. The fourth-order valence-electron chi connectivity index (χ4n) is 1.41. The molecule has 1 heterocycles. The van der Waals surface area contributed by atoms with Crippen molar-refractivity contribution in [3.05, 3.63) is 23.9 Å². The highest BCUT2D eigenvalue weighted by Gasteiger charge is 2.09. The van der Waals surface area contributed by atoms with Crippen LogP contribution in [0.1, 0.15) is 24.2 Å². The smallest absolute Gasteiger partial charge is 0.338 e. The number of aromatic nitrogens is 1. The van der Waals surface area contributed by atoms with E-state index in [4.69, 9.17) is 4.74 Å². The van der Waals surface area contributed by atoms with Gasteiger partial charge in [-0.1, -0.05) is 0 Å². The first-order chi connectivity index (χ1) is 8.54. The summed E-state index contributed by atoms with van der Waals surface area (Å²) < 4.78 is 10.1. The summed E-state index contributed by atoms with van der Waals surface area (Å²) in [4.78, 5) is 17.6. The second kappa shape index (κ2) is 6.96. The van der Waals surface area contributed by atoms with Crippen LogP contribution in [0.2, 0.25) is 0 Å². The zero-order chi connectivity index (χ0) is 13.5. The minimum atomic E-state index is -0.356. The molecular weight excluding hydrogens is 232 g/mol. The lowest BCUT2D eigenvalue weighted by Crippen LogP contribution is -2.25. The molecule has 0 aliphatic rings. The van der Waals surface area contributed by atoms with Crippen LogP contribution in [0.5, 0.6) is 0 Å². The van der Waals surface area contributed by atoms with E-state index in [0.717, 1.165) is 12.4 Å². The number of hydrogen-bond acceptors (Lipinski definition) is 5. The van der Waals surface area contributed by atoms with Crippen molar-refractivity contribution in [2.45, 2.75) is 20.0 Å². The van der Waals surface area contributed by atoms with Crippen LogP contribution in [0, 0.1) is 0 Å². The maximum atomic E-state index is 11.4. The Morgan fingerprint density at radius 3 is 2.83 bits per heavy atom. The van der Waals surface area contributed by atoms with Gasteiger partial charge >= 0.3 is 5.97 Å². The van der Waals surface area contributed by atoms with Crippen LogP contribution in [0.4, 0.5) is 5.82 Å². The molecule has 0 spiro atoms. The van der Waals surface area contributed by atoms with Gasteiger partial charge in [-0.2, -0.15) is 0 Å². The first-order valence-corrected chi connectivity index (χ1v) is 5.91. The quantitative estimate of drug-likeness (QED) is 0.722. The number of nitrogens with zero attached hydrogens (tertiary/aromatic N) is 2. The molecule has 0 aromatic carbocycles. The van der Waals surface area contributed by atoms with Crippen LogP contribution in [-0.2, 0) is 9.47 Å². The summed E-state index contributed by atoms with van der Waals surface area (Å²) in [6.45, 7) is 5.33. The molecule has 0 bridgehead atoms. The predicted molar refractivity (Wildman–Crippen MR) is 69.9 cm³/mol. The molecule has 0 saturated heterocycles. The molecule has 0 atom stereocenters. The first-order valence-electron chi connectivity index (χ1n) is 5.91. The molecule has 1 aromatic heterocycles. The lowest BCUT2D eigenvalue weighted by Gasteiger charge is -2.19. The topological polar surface area (TPSA) is 51.7 Å². The normalized spacial score (nSPS) is 10.5. The van der Waals surface area contributed by atoms with E-state index in [1.54, 1.807) is 18.3 Å². The zero-order valence-electron chi connectivity index (χ0n) is 11.3. The summed E-state index contributed by atoms with van der Waals surface area (Å²) in [7, 11) is 3.27. The fourth-order valence-corrected chi connectivity index (χ4v) is 1.41. The monoisotopic (exact) mass is 252 g/mol. The third-order valence-electron chi connectivity index (χ3n) is 2.44. The number of ether oxygens (including phenoxy) is 2. The average molecular weight is 252 g/mol. The number of methoxy groups -OCH3 is 1. The molecule has 0 saturated carbocycles. The summed E-state index contributed by atoms with van der Waals surface area (Å²) >= 11 is 0. The molecule has 0 amide bonds. The van der Waals surface area contributed by atoms with Crippen molar-refractivity contribution in [2.24, 2.45) is 0 Å². The third kappa shape index (κ3) is 4.33. The molecule has 1 aromatic rings. The Balaban J connectivity index is 2.62. The number of carbonyl (C=O) groups excluding carboxylic acids is 1. The van der Waals surface area contributed by atoms with Crippen molar-refractivity contribution >= 4 is 11.8 Å². The van der Waals surface area contributed by atoms with Gasteiger partial charge < -0.3 is 14.4 Å². The summed E-state index contributed by atoms with van der Waals surface area (Å²) in [6.07, 6.45) is 1.81. The average Bonchev–Trinajstić information content (AvgIpc) is 2.37. The Labute approximate surface area is 108 Å². The molecule has 0 fully saturated rings. The van der Waals surface area contributed by atoms with Gasteiger partial charge in [-0.15, -0.1) is 0 Å². The second-order valence-corrected chi connectivity index (χ2v) is 4.24. The number of hydrogen-bond donors (Lipinski definition) is 0. The van der Waals surface area contributed by atoms with Crippen LogP contribution < -0.4 is 4.90 Å². The molecule has 0 radical (unpaired) electrons. The van der Waals surface area contributed by atoms with Crippen molar-refractivity contribution < 1.29 is 14.3 Å². The molecule has 0 aliphatic heterocycles. The van der Waals surface area contributed by atoms with E-state index in [1.165, 1.54) is 7.11 Å². The molecule has 0 N–H and O–H groups in total. The lowest BCUT2D eigenvalue weighted by atomic mass is 10.2. The summed E-state index contributed by atoms with van der Waals surface area (Å²) in [5.41, 5.74) is 0.499. The Morgan fingerprint density at radius 1 is 1.50 bits per heavy atom. The number of anilines is 1. The van der Waals surface area contributed by atoms with E-state index in [0.29, 0.717) is 12.2 Å². The Bertz CT molecular complexity index is 394. The largest absolute Gasteiger partial charge is 0.465 e. The van der Waals surface area contributed by atoms with Crippen molar-refractivity contribution in [1.82, 2.24) is 4.98 Å². The van der Waals surface area contributed by atoms with Gasteiger partial charge in [0.25, 0.3) is 0 Å². The fraction of sp³-hybridized carbons (Fsp3) is 0.538. The van der Waals surface area contributed by atoms with Crippen LogP contribution in [0.3, 0.4) is 0 Å². The van der Waals surface area contributed by atoms with E-state index < -0.39 is 0 Å². The Morgan fingerprint density at radius 2 is 2.22 bits per heavy atom. The van der Waals surface area contributed by atoms with E-state index >= 15 is 0 Å². The van der Waals surface area contributed by atoms with Crippen LogP contribution in [0.25, 0.3) is 0 Å². The highest BCUT2D eigenvalue weighted by molar-refractivity contribution is 5.90. The highest BCUT2D eigenvalue weighted by atomic mass is 16.5. The molecule has 100 valence electrons. The van der Waals surface area contributed by atoms with Crippen LogP contribution in [0.15, 0.2) is 18.3 Å². The number of rotatable bonds is 6. The van der Waals surface area contributed by atoms with E-state index in [2.05, 4.69) is 9.72 Å². The number of esters is 1. The van der Waals surface area contributed by atoms with Gasteiger partial charge in [0.2, 0.25) is 0 Å². The van der Waals surface area contributed by atoms with Gasteiger partial charge in [0.1, 0.15) is 5.82 Å². The molecule has 18 heavy (non-hydrogen) atoms. The predicted octanol–water partition coefficient (Wildman–Crippen LogP) is 1.73. The van der Waals surface area contributed by atoms with E-state index in [-0.39, 0.29) is 12.1 Å². The van der Waals surface area contributed by atoms with Gasteiger partial charge in [-0.3, -0.25) is 0 Å². The van der Waals surface area contributed by atoms with E-state index in [1.807, 2.05) is 25.8 Å². The maximum absolute atomic E-state index is 11.4. The lowest BCUT2D eigenvalue weighted by molar-refractivity contribution is 0.0600. The third-order valence-corrected chi connectivity index (χ3v) is 2.44. The first kappa shape index (κ1) is 14.4. The number of pyridine rings is 1. The van der Waals surface area contributed by atoms with Crippen molar-refractivity contribution in [3.63, 3.8) is 0 Å². The highest BCUT2D eigenvalue weighted by Crippen LogP contribution is 2.11. The second-order valence-electron chi connectivity index (χ2n) is 4.24. The van der Waals surface area contributed by atoms with Gasteiger partial charge in [0.05, 0.1) is 25.4 Å². The minimum Gasteiger partial charge on any atom is -0.465 e. The van der Waals surface area contributed by atoms with Gasteiger partial charge in [-0.05, 0) is 26.0 Å².